The molecule has 1 N–H and O–H groups in total. The van der Waals surface area contributed by atoms with Crippen LogP contribution in [-0.2, 0) is 17.7 Å². The number of hydrogen-bond acceptors (Lipinski definition) is 5. The molecule has 0 spiro atoms. The van der Waals surface area contributed by atoms with Crippen molar-refractivity contribution < 1.29 is 13.3 Å². The fourth-order valence-electron chi connectivity index (χ4n) is 4.16. The van der Waals surface area contributed by atoms with Crippen LogP contribution in [0.4, 0.5) is 14.6 Å². The van der Waals surface area contributed by atoms with Gasteiger partial charge in [-0.25, -0.2) is 18.7 Å². The third-order valence-corrected chi connectivity index (χ3v) is 6.63. The number of nitrogens with zero attached hydrogens (tertiary/aromatic N) is 3. The topological polar surface area (TPSA) is 82.9 Å². The molecule has 9 heteroatoms. The number of halogens is 2. The molecule has 1 aliphatic rings. The Hall–Kier alpha value is -2.52. The maximum Gasteiger partial charge on any atom is 0.294 e. The molecule has 1 atom stereocenters. The van der Waals surface area contributed by atoms with Gasteiger partial charge in [0.05, 0.1) is 18.5 Å². The lowest BCUT2D eigenvalue weighted by molar-refractivity contribution is 0.319. The quantitative estimate of drug-likeness (QED) is 0.537. The predicted molar refractivity (Wildman–Crippen MR) is 123 cm³/mol. The van der Waals surface area contributed by atoms with Crippen LogP contribution in [-0.4, -0.2) is 37.6 Å². The first-order valence-corrected chi connectivity index (χ1v) is 12.6. The van der Waals surface area contributed by atoms with Crippen molar-refractivity contribution in [3.63, 3.8) is 0 Å². The highest BCUT2D eigenvalue weighted by Crippen LogP contribution is 2.27. The number of rotatable bonds is 7. The Morgan fingerprint density at radius 2 is 1.91 bits per heavy atom. The fraction of sp³-hybridized carbons (Fsp3) is 0.435. The van der Waals surface area contributed by atoms with E-state index in [1.807, 2.05) is 0 Å². The maximum atomic E-state index is 13.8. The molecule has 3 aromatic rings. The molecule has 0 bridgehead atoms. The molecule has 1 saturated carbocycles. The summed E-state index contributed by atoms with van der Waals surface area (Å²) in [4.78, 5) is 22.4. The normalized spacial score (nSPS) is 15.8. The highest BCUT2D eigenvalue weighted by molar-refractivity contribution is 7.90. The number of fused-ring (bicyclic) bond motifs is 1. The second-order valence-electron chi connectivity index (χ2n) is 8.25. The van der Waals surface area contributed by atoms with E-state index < -0.39 is 22.8 Å². The van der Waals surface area contributed by atoms with E-state index in [9.17, 15) is 18.1 Å². The lowest BCUT2D eigenvalue weighted by Gasteiger charge is -2.23. The van der Waals surface area contributed by atoms with Gasteiger partial charge in [-0.1, -0.05) is 30.4 Å². The Balaban J connectivity index is 1.77. The molecule has 0 aliphatic heterocycles. The molecule has 1 fully saturated rings. The second kappa shape index (κ2) is 9.95. The SMILES string of the molecule is C[S+]([O-])CCNc1nc2ccc(-c3ccc(F)c(F)c3)nc2n(CC2CCCCC2)c1=O. The Labute approximate surface area is 188 Å². The summed E-state index contributed by atoms with van der Waals surface area (Å²) < 4.78 is 40.2. The second-order valence-corrected chi connectivity index (χ2v) is 9.81. The first kappa shape index (κ1) is 22.7. The van der Waals surface area contributed by atoms with Crippen LogP contribution < -0.4 is 10.9 Å². The third kappa shape index (κ3) is 5.10. The van der Waals surface area contributed by atoms with Gasteiger partial charge in [0.15, 0.2) is 23.1 Å². The first-order chi connectivity index (χ1) is 15.4. The summed E-state index contributed by atoms with van der Waals surface area (Å²) in [6.07, 6.45) is 7.21. The van der Waals surface area contributed by atoms with Crippen molar-refractivity contribution in [2.75, 3.05) is 23.9 Å². The highest BCUT2D eigenvalue weighted by atomic mass is 32.2. The van der Waals surface area contributed by atoms with Crippen molar-refractivity contribution >= 4 is 28.2 Å². The Bertz CT molecular complexity index is 1160. The summed E-state index contributed by atoms with van der Waals surface area (Å²) in [7, 11) is 0. The van der Waals surface area contributed by atoms with Crippen LogP contribution in [0.3, 0.4) is 0 Å². The monoisotopic (exact) mass is 460 g/mol. The van der Waals surface area contributed by atoms with Crippen molar-refractivity contribution in [1.82, 2.24) is 14.5 Å². The Morgan fingerprint density at radius 1 is 1.12 bits per heavy atom. The molecule has 1 aliphatic carbocycles. The molecule has 2 heterocycles. The minimum atomic E-state index is -0.981. The van der Waals surface area contributed by atoms with Gasteiger partial charge in [0.2, 0.25) is 0 Å². The van der Waals surface area contributed by atoms with Crippen LogP contribution in [0, 0.1) is 17.6 Å². The van der Waals surface area contributed by atoms with Gasteiger partial charge in [-0.3, -0.25) is 9.36 Å². The zero-order valence-corrected chi connectivity index (χ0v) is 18.8. The zero-order valence-electron chi connectivity index (χ0n) is 17.9. The number of pyridine rings is 1. The summed E-state index contributed by atoms with van der Waals surface area (Å²) in [5.41, 5.74) is 1.55. The minimum Gasteiger partial charge on any atom is -0.617 e. The lowest BCUT2D eigenvalue weighted by Crippen LogP contribution is -2.30. The van der Waals surface area contributed by atoms with E-state index in [0.29, 0.717) is 47.2 Å². The maximum absolute atomic E-state index is 13.8. The van der Waals surface area contributed by atoms with Gasteiger partial charge in [-0.2, -0.15) is 0 Å². The van der Waals surface area contributed by atoms with Crippen molar-refractivity contribution in [2.45, 2.75) is 38.6 Å². The molecular formula is C23H26F2N4O2S. The first-order valence-electron chi connectivity index (χ1n) is 10.8. The zero-order chi connectivity index (χ0) is 22.7. The minimum absolute atomic E-state index is 0.209. The van der Waals surface area contributed by atoms with E-state index >= 15 is 0 Å². The Kier molecular flexibility index (Phi) is 7.05. The van der Waals surface area contributed by atoms with E-state index in [-0.39, 0.29) is 11.4 Å². The van der Waals surface area contributed by atoms with Gasteiger partial charge in [0.1, 0.15) is 11.3 Å². The van der Waals surface area contributed by atoms with Crippen LogP contribution in [0.15, 0.2) is 35.1 Å². The largest absolute Gasteiger partial charge is 0.617 e. The molecule has 6 nitrogen and oxygen atoms in total. The molecular weight excluding hydrogens is 434 g/mol. The van der Waals surface area contributed by atoms with Crippen molar-refractivity contribution in [1.29, 1.82) is 0 Å². The van der Waals surface area contributed by atoms with Gasteiger partial charge in [0.25, 0.3) is 5.56 Å². The summed E-state index contributed by atoms with van der Waals surface area (Å²) in [5.74, 6) is -0.878. The highest BCUT2D eigenvalue weighted by Gasteiger charge is 2.19. The standard InChI is InChI=1S/C23H26F2N4O2S/c1-32(31)12-11-26-21-23(30)29(14-15-5-3-2-4-6-15)22-20(27-21)10-9-19(28-22)16-7-8-17(24)18(25)13-16/h7-10,13,15H,2-6,11-12,14H2,1H3,(H,26,27). The van der Waals surface area contributed by atoms with E-state index in [4.69, 9.17) is 0 Å². The number of benzene rings is 1. The lowest BCUT2D eigenvalue weighted by atomic mass is 9.89. The van der Waals surface area contributed by atoms with Gasteiger partial charge in [-0.05, 0) is 49.1 Å². The number of anilines is 1. The molecule has 0 radical (unpaired) electrons. The summed E-state index contributed by atoms with van der Waals surface area (Å²) in [5, 5.41) is 3.02. The van der Waals surface area contributed by atoms with Gasteiger partial charge >= 0.3 is 0 Å². The molecule has 1 unspecified atom stereocenters. The van der Waals surface area contributed by atoms with Crippen LogP contribution in [0.1, 0.15) is 32.1 Å². The molecule has 4 rings (SSSR count). The average molecular weight is 461 g/mol. The van der Waals surface area contributed by atoms with E-state index in [1.165, 1.54) is 12.5 Å². The van der Waals surface area contributed by atoms with Crippen LogP contribution in [0.25, 0.3) is 22.4 Å². The van der Waals surface area contributed by atoms with Gasteiger partial charge < -0.3 is 9.87 Å². The fourth-order valence-corrected chi connectivity index (χ4v) is 4.55. The molecule has 32 heavy (non-hydrogen) atoms. The number of nitrogens with one attached hydrogen (secondary N) is 1. The van der Waals surface area contributed by atoms with Crippen LogP contribution in [0.2, 0.25) is 0 Å². The van der Waals surface area contributed by atoms with E-state index in [1.54, 1.807) is 23.0 Å². The smallest absolute Gasteiger partial charge is 0.294 e. The van der Waals surface area contributed by atoms with Gasteiger partial charge in [0, 0.05) is 12.1 Å². The van der Waals surface area contributed by atoms with Crippen LogP contribution >= 0.6 is 0 Å². The third-order valence-electron chi connectivity index (χ3n) is 5.85. The Morgan fingerprint density at radius 3 is 2.62 bits per heavy atom. The van der Waals surface area contributed by atoms with E-state index in [2.05, 4.69) is 15.3 Å². The summed E-state index contributed by atoms with van der Waals surface area (Å²) in [6, 6.07) is 7.04. The summed E-state index contributed by atoms with van der Waals surface area (Å²) in [6.45, 7) is 0.904. The molecule has 2 aromatic heterocycles. The van der Waals surface area contributed by atoms with Crippen molar-refractivity contribution in [3.05, 3.63) is 52.3 Å². The van der Waals surface area contributed by atoms with E-state index in [0.717, 1.165) is 37.8 Å². The number of aromatic nitrogens is 3. The van der Waals surface area contributed by atoms with Gasteiger partial charge in [-0.15, -0.1) is 0 Å². The predicted octanol–water partition coefficient (Wildman–Crippen LogP) is 4.11. The molecule has 170 valence electrons. The van der Waals surface area contributed by atoms with Crippen LogP contribution in [0.5, 0.6) is 0 Å². The molecule has 0 amide bonds. The summed E-state index contributed by atoms with van der Waals surface area (Å²) >= 11 is -0.981. The van der Waals surface area contributed by atoms with Crippen molar-refractivity contribution in [3.8, 4) is 11.3 Å². The molecule has 0 saturated heterocycles. The average Bonchev–Trinajstić information content (AvgIpc) is 2.78. The molecule has 1 aromatic carbocycles. The van der Waals surface area contributed by atoms with Crippen molar-refractivity contribution in [2.24, 2.45) is 5.92 Å². The number of hydrogen-bond donors (Lipinski definition) is 1.